The lowest BCUT2D eigenvalue weighted by atomic mass is 9.90. The summed E-state index contributed by atoms with van der Waals surface area (Å²) in [5.41, 5.74) is 3.35. The van der Waals surface area contributed by atoms with Crippen LogP contribution in [0.5, 0.6) is 5.75 Å². The van der Waals surface area contributed by atoms with Crippen LogP contribution in [-0.2, 0) is 0 Å². The number of piperidine rings is 1. The highest BCUT2D eigenvalue weighted by molar-refractivity contribution is 5.85. The van der Waals surface area contributed by atoms with Crippen LogP contribution in [0.2, 0.25) is 0 Å². The van der Waals surface area contributed by atoms with Gasteiger partial charge < -0.3 is 15.0 Å². The van der Waals surface area contributed by atoms with Gasteiger partial charge in [-0.25, -0.2) is 9.50 Å². The Kier molecular flexibility index (Phi) is 5.12. The highest BCUT2D eigenvalue weighted by atomic mass is 16.5. The molecule has 0 unspecified atom stereocenters. The summed E-state index contributed by atoms with van der Waals surface area (Å²) < 4.78 is 7.39. The van der Waals surface area contributed by atoms with Gasteiger partial charge in [0, 0.05) is 36.0 Å². The van der Waals surface area contributed by atoms with E-state index in [2.05, 4.69) is 40.4 Å². The molecule has 4 rings (SSSR count). The Morgan fingerprint density at radius 2 is 2.07 bits per heavy atom. The Bertz CT molecular complexity index is 1040. The van der Waals surface area contributed by atoms with Crippen LogP contribution in [0, 0.1) is 11.3 Å². The van der Waals surface area contributed by atoms with Crippen molar-refractivity contribution < 1.29 is 4.74 Å². The van der Waals surface area contributed by atoms with Crippen LogP contribution in [0.1, 0.15) is 32.3 Å². The Balaban J connectivity index is 1.66. The van der Waals surface area contributed by atoms with Gasteiger partial charge in [0.25, 0.3) is 0 Å². The lowest BCUT2D eigenvalue weighted by Gasteiger charge is -2.39. The maximum absolute atomic E-state index is 9.48. The zero-order valence-corrected chi connectivity index (χ0v) is 17.1. The van der Waals surface area contributed by atoms with Crippen molar-refractivity contribution in [2.45, 2.75) is 32.2 Å². The molecule has 7 nitrogen and oxygen atoms in total. The van der Waals surface area contributed by atoms with Gasteiger partial charge in [0.05, 0.1) is 30.1 Å². The molecule has 29 heavy (non-hydrogen) atoms. The molecule has 0 saturated carbocycles. The van der Waals surface area contributed by atoms with E-state index in [0.29, 0.717) is 17.9 Å². The van der Waals surface area contributed by atoms with Crippen molar-refractivity contribution in [3.05, 3.63) is 42.4 Å². The average Bonchev–Trinajstić information content (AvgIpc) is 3.17. The predicted octanol–water partition coefficient (Wildman–Crippen LogP) is 3.24. The first-order valence-electron chi connectivity index (χ1n) is 10.0. The van der Waals surface area contributed by atoms with Gasteiger partial charge in [0.1, 0.15) is 17.6 Å². The lowest BCUT2D eigenvalue weighted by Crippen LogP contribution is -2.50. The smallest absolute Gasteiger partial charge is 0.138 e. The Hall–Kier alpha value is -3.11. The summed E-state index contributed by atoms with van der Waals surface area (Å²) in [6, 6.07) is 8.31. The number of nitrogens with zero attached hydrogens (tertiary/aromatic N) is 5. The first-order valence-corrected chi connectivity index (χ1v) is 10.0. The van der Waals surface area contributed by atoms with Crippen LogP contribution in [0.4, 0.5) is 5.82 Å². The highest BCUT2D eigenvalue weighted by Gasteiger charge is 2.28. The van der Waals surface area contributed by atoms with Crippen LogP contribution < -0.4 is 15.0 Å². The zero-order chi connectivity index (χ0) is 20.4. The molecule has 0 bridgehead atoms. The van der Waals surface area contributed by atoms with E-state index < -0.39 is 0 Å². The second kappa shape index (κ2) is 7.72. The van der Waals surface area contributed by atoms with Crippen LogP contribution in [-0.4, -0.2) is 46.9 Å². The standard InChI is InChI=1S/C22H26N6O/c1-4-29-18-11-19(21-17(12-23)14-26-28(21)15-18)16-5-6-20(25-13-16)27-9-7-22(2,24-3)8-10-27/h5-6,11,13-15,24H,4,7-10H2,1-3H3. The third-order valence-corrected chi connectivity index (χ3v) is 5.87. The zero-order valence-electron chi connectivity index (χ0n) is 17.1. The van der Waals surface area contributed by atoms with E-state index in [0.717, 1.165) is 48.4 Å². The fourth-order valence-electron chi connectivity index (χ4n) is 3.86. The van der Waals surface area contributed by atoms with Crippen molar-refractivity contribution >= 4 is 11.3 Å². The van der Waals surface area contributed by atoms with Gasteiger partial charge in [-0.3, -0.25) is 0 Å². The highest BCUT2D eigenvalue weighted by Crippen LogP contribution is 2.32. The van der Waals surface area contributed by atoms with Crippen LogP contribution in [0.15, 0.2) is 36.8 Å². The monoisotopic (exact) mass is 390 g/mol. The largest absolute Gasteiger partial charge is 0.492 e. The minimum absolute atomic E-state index is 0.206. The fourth-order valence-corrected chi connectivity index (χ4v) is 3.86. The van der Waals surface area contributed by atoms with Gasteiger partial charge in [-0.1, -0.05) is 0 Å². The number of anilines is 1. The van der Waals surface area contributed by atoms with Crippen molar-refractivity contribution in [3.63, 3.8) is 0 Å². The first kappa shape index (κ1) is 19.2. The third-order valence-electron chi connectivity index (χ3n) is 5.87. The van der Waals surface area contributed by atoms with Crippen LogP contribution in [0.25, 0.3) is 16.6 Å². The molecule has 1 fully saturated rings. The summed E-state index contributed by atoms with van der Waals surface area (Å²) in [7, 11) is 2.03. The van der Waals surface area contributed by atoms with E-state index >= 15 is 0 Å². The number of hydrogen-bond acceptors (Lipinski definition) is 6. The summed E-state index contributed by atoms with van der Waals surface area (Å²) in [6.45, 7) is 6.75. The van der Waals surface area contributed by atoms with Crippen molar-refractivity contribution in [3.8, 4) is 22.9 Å². The Morgan fingerprint density at radius 3 is 2.69 bits per heavy atom. The molecule has 1 N–H and O–H groups in total. The molecule has 0 aliphatic carbocycles. The quantitative estimate of drug-likeness (QED) is 0.721. The van der Waals surface area contributed by atoms with Crippen LogP contribution in [0.3, 0.4) is 0 Å². The minimum atomic E-state index is 0.206. The average molecular weight is 390 g/mol. The second-order valence-electron chi connectivity index (χ2n) is 7.69. The SMILES string of the molecule is CCOc1cc(-c2ccc(N3CCC(C)(NC)CC3)nc2)c2c(C#N)cnn2c1. The van der Waals surface area contributed by atoms with Gasteiger partial charge in [-0.15, -0.1) is 0 Å². The normalized spacial score (nSPS) is 16.0. The number of ether oxygens (including phenoxy) is 1. The number of pyridine rings is 2. The predicted molar refractivity (Wildman–Crippen MR) is 113 cm³/mol. The lowest BCUT2D eigenvalue weighted by molar-refractivity contribution is 0.304. The molecule has 150 valence electrons. The van der Waals surface area contributed by atoms with Crippen molar-refractivity contribution in [1.29, 1.82) is 5.26 Å². The summed E-state index contributed by atoms with van der Waals surface area (Å²) in [4.78, 5) is 7.05. The maximum Gasteiger partial charge on any atom is 0.138 e. The second-order valence-corrected chi connectivity index (χ2v) is 7.69. The molecule has 0 aromatic carbocycles. The minimum Gasteiger partial charge on any atom is -0.492 e. The molecule has 3 aromatic heterocycles. The van der Waals surface area contributed by atoms with Crippen LogP contribution >= 0.6 is 0 Å². The van der Waals surface area contributed by atoms with Gasteiger partial charge in [-0.2, -0.15) is 10.4 Å². The number of rotatable bonds is 5. The molecule has 7 heteroatoms. The van der Waals surface area contributed by atoms with Gasteiger partial charge >= 0.3 is 0 Å². The van der Waals surface area contributed by atoms with E-state index in [1.165, 1.54) is 0 Å². The number of nitrogens with one attached hydrogen (secondary N) is 1. The molecule has 0 amide bonds. The molecule has 1 saturated heterocycles. The summed E-state index contributed by atoms with van der Waals surface area (Å²) >= 11 is 0. The van der Waals surface area contributed by atoms with E-state index in [1.54, 1.807) is 16.9 Å². The summed E-state index contributed by atoms with van der Waals surface area (Å²) in [6.07, 6.45) is 7.44. The molecule has 0 atom stereocenters. The molecule has 4 heterocycles. The summed E-state index contributed by atoms with van der Waals surface area (Å²) in [5, 5.41) is 17.2. The fraction of sp³-hybridized carbons (Fsp3) is 0.409. The molecular formula is C22H26N6O. The number of fused-ring (bicyclic) bond motifs is 1. The van der Waals surface area contributed by atoms with Crippen molar-refractivity contribution in [2.24, 2.45) is 0 Å². The molecular weight excluding hydrogens is 364 g/mol. The van der Waals surface area contributed by atoms with E-state index in [-0.39, 0.29) is 5.54 Å². The van der Waals surface area contributed by atoms with Crippen molar-refractivity contribution in [1.82, 2.24) is 19.9 Å². The van der Waals surface area contributed by atoms with Gasteiger partial charge in [0.15, 0.2) is 0 Å². The molecule has 1 aliphatic heterocycles. The molecule has 0 radical (unpaired) electrons. The number of hydrogen-bond donors (Lipinski definition) is 1. The van der Waals surface area contributed by atoms with E-state index in [9.17, 15) is 5.26 Å². The Morgan fingerprint density at radius 1 is 1.28 bits per heavy atom. The van der Waals surface area contributed by atoms with E-state index in [1.807, 2.05) is 26.2 Å². The topological polar surface area (TPSA) is 78.5 Å². The summed E-state index contributed by atoms with van der Waals surface area (Å²) in [5.74, 6) is 1.70. The third kappa shape index (κ3) is 3.64. The van der Waals surface area contributed by atoms with Gasteiger partial charge in [0.2, 0.25) is 0 Å². The molecule has 1 aliphatic rings. The molecule has 0 spiro atoms. The van der Waals surface area contributed by atoms with Crippen molar-refractivity contribution in [2.75, 3.05) is 31.6 Å². The van der Waals surface area contributed by atoms with Gasteiger partial charge in [-0.05, 0) is 51.9 Å². The number of aromatic nitrogens is 3. The van der Waals surface area contributed by atoms with E-state index in [4.69, 9.17) is 9.72 Å². The number of nitriles is 1. The Labute approximate surface area is 170 Å². The molecule has 3 aromatic rings. The first-order chi connectivity index (χ1) is 14.1. The maximum atomic E-state index is 9.48.